The largest absolute Gasteiger partial charge is 0.394 e. The van der Waals surface area contributed by atoms with Gasteiger partial charge in [-0.2, -0.15) is 18.3 Å². The molecule has 0 atom stereocenters. The van der Waals surface area contributed by atoms with E-state index in [1.165, 1.54) is 4.68 Å². The van der Waals surface area contributed by atoms with Crippen molar-refractivity contribution in [3.63, 3.8) is 0 Å². The van der Waals surface area contributed by atoms with E-state index in [9.17, 15) is 13.2 Å². The number of rotatable bonds is 4. The third-order valence-electron chi connectivity index (χ3n) is 2.20. The van der Waals surface area contributed by atoms with Crippen LogP contribution in [0.3, 0.4) is 0 Å². The SMILES string of the molecule is Cc1nn(C)c(NCCCC(F)(F)F)c1N. The quantitative estimate of drug-likeness (QED) is 0.787. The molecule has 0 fully saturated rings. The van der Waals surface area contributed by atoms with Crippen molar-refractivity contribution in [3.8, 4) is 0 Å². The number of halogens is 3. The highest BCUT2D eigenvalue weighted by Crippen LogP contribution is 2.23. The fourth-order valence-electron chi connectivity index (χ4n) is 1.38. The molecule has 0 aliphatic rings. The molecule has 0 radical (unpaired) electrons. The van der Waals surface area contributed by atoms with Gasteiger partial charge in [-0.15, -0.1) is 0 Å². The number of hydrogen-bond acceptors (Lipinski definition) is 3. The fourth-order valence-corrected chi connectivity index (χ4v) is 1.38. The zero-order valence-corrected chi connectivity index (χ0v) is 9.23. The van der Waals surface area contributed by atoms with Gasteiger partial charge in [-0.25, -0.2) is 0 Å². The van der Waals surface area contributed by atoms with Gasteiger partial charge in [-0.3, -0.25) is 4.68 Å². The minimum atomic E-state index is -4.10. The Morgan fingerprint density at radius 1 is 1.44 bits per heavy atom. The van der Waals surface area contributed by atoms with Crippen LogP contribution in [0.15, 0.2) is 0 Å². The van der Waals surface area contributed by atoms with Crippen LogP contribution < -0.4 is 11.1 Å². The molecule has 92 valence electrons. The lowest BCUT2D eigenvalue weighted by Gasteiger charge is -2.09. The molecule has 0 spiro atoms. The summed E-state index contributed by atoms with van der Waals surface area (Å²) in [5.74, 6) is 0.569. The first-order valence-electron chi connectivity index (χ1n) is 4.91. The molecule has 0 aromatic carbocycles. The van der Waals surface area contributed by atoms with Crippen LogP contribution in [0.4, 0.5) is 24.7 Å². The van der Waals surface area contributed by atoms with Crippen molar-refractivity contribution in [2.24, 2.45) is 7.05 Å². The Bertz CT molecular complexity index is 356. The van der Waals surface area contributed by atoms with Crippen LogP contribution in [-0.4, -0.2) is 22.5 Å². The Hall–Kier alpha value is -1.40. The second-order valence-electron chi connectivity index (χ2n) is 3.62. The van der Waals surface area contributed by atoms with E-state index in [0.29, 0.717) is 17.2 Å². The molecule has 0 saturated heterocycles. The molecule has 7 heteroatoms. The first-order valence-corrected chi connectivity index (χ1v) is 4.91. The lowest BCUT2D eigenvalue weighted by molar-refractivity contribution is -0.134. The summed E-state index contributed by atoms with van der Waals surface area (Å²) in [4.78, 5) is 0. The molecular formula is C9H15F3N4. The Kier molecular flexibility index (Phi) is 3.66. The average molecular weight is 236 g/mol. The molecule has 0 amide bonds. The summed E-state index contributed by atoms with van der Waals surface area (Å²) in [5.41, 5.74) is 6.85. The van der Waals surface area contributed by atoms with Crippen molar-refractivity contribution in [1.29, 1.82) is 0 Å². The zero-order chi connectivity index (χ0) is 12.3. The highest BCUT2D eigenvalue weighted by atomic mass is 19.4. The summed E-state index contributed by atoms with van der Waals surface area (Å²) in [6.07, 6.45) is -4.88. The summed E-state index contributed by atoms with van der Waals surface area (Å²) >= 11 is 0. The molecule has 4 nitrogen and oxygen atoms in total. The smallest absolute Gasteiger partial charge is 0.389 e. The number of nitrogens with one attached hydrogen (secondary N) is 1. The molecule has 0 unspecified atom stereocenters. The molecular weight excluding hydrogens is 221 g/mol. The van der Waals surface area contributed by atoms with Crippen LogP contribution in [0, 0.1) is 6.92 Å². The molecule has 1 aromatic rings. The molecule has 1 aromatic heterocycles. The predicted molar refractivity (Wildman–Crippen MR) is 56.1 cm³/mol. The minimum absolute atomic E-state index is 0.0210. The third kappa shape index (κ3) is 3.32. The van der Waals surface area contributed by atoms with Crippen LogP contribution in [-0.2, 0) is 7.05 Å². The number of aryl methyl sites for hydroxylation is 2. The van der Waals surface area contributed by atoms with Crippen LogP contribution in [0.25, 0.3) is 0 Å². The molecule has 16 heavy (non-hydrogen) atoms. The number of anilines is 2. The van der Waals surface area contributed by atoms with Gasteiger partial charge in [-0.1, -0.05) is 0 Å². The van der Waals surface area contributed by atoms with Gasteiger partial charge < -0.3 is 11.1 Å². The van der Waals surface area contributed by atoms with E-state index in [1.54, 1.807) is 14.0 Å². The monoisotopic (exact) mass is 236 g/mol. The van der Waals surface area contributed by atoms with Gasteiger partial charge in [0.1, 0.15) is 5.82 Å². The van der Waals surface area contributed by atoms with Gasteiger partial charge in [0, 0.05) is 20.0 Å². The maximum absolute atomic E-state index is 11.9. The van der Waals surface area contributed by atoms with Crippen LogP contribution in [0.5, 0.6) is 0 Å². The van der Waals surface area contributed by atoms with E-state index < -0.39 is 12.6 Å². The van der Waals surface area contributed by atoms with E-state index >= 15 is 0 Å². The van der Waals surface area contributed by atoms with Crippen molar-refractivity contribution >= 4 is 11.5 Å². The average Bonchev–Trinajstić information content (AvgIpc) is 2.36. The van der Waals surface area contributed by atoms with Crippen molar-refractivity contribution in [1.82, 2.24) is 9.78 Å². The highest BCUT2D eigenvalue weighted by molar-refractivity contribution is 5.64. The van der Waals surface area contributed by atoms with Gasteiger partial charge in [0.05, 0.1) is 11.4 Å². The zero-order valence-electron chi connectivity index (χ0n) is 9.23. The topological polar surface area (TPSA) is 55.9 Å². The molecule has 1 rings (SSSR count). The lowest BCUT2D eigenvalue weighted by Crippen LogP contribution is -2.12. The Morgan fingerprint density at radius 2 is 2.06 bits per heavy atom. The summed E-state index contributed by atoms with van der Waals surface area (Å²) < 4.78 is 37.1. The standard InChI is InChI=1S/C9H15F3N4/c1-6-7(13)8(16(2)15-6)14-5-3-4-9(10,11)12/h14H,3-5,13H2,1-2H3. The first kappa shape index (κ1) is 12.7. The van der Waals surface area contributed by atoms with Crippen molar-refractivity contribution < 1.29 is 13.2 Å². The summed E-state index contributed by atoms with van der Waals surface area (Å²) in [7, 11) is 1.69. The molecule has 0 aliphatic carbocycles. The maximum atomic E-state index is 11.9. The van der Waals surface area contributed by atoms with Gasteiger partial charge in [0.25, 0.3) is 0 Å². The number of nitrogens with zero attached hydrogens (tertiary/aromatic N) is 2. The van der Waals surface area contributed by atoms with Crippen molar-refractivity contribution in [2.45, 2.75) is 25.9 Å². The van der Waals surface area contributed by atoms with Gasteiger partial charge in [-0.05, 0) is 13.3 Å². The lowest BCUT2D eigenvalue weighted by atomic mass is 10.3. The third-order valence-corrected chi connectivity index (χ3v) is 2.20. The second-order valence-corrected chi connectivity index (χ2v) is 3.62. The summed E-state index contributed by atoms with van der Waals surface area (Å²) in [5, 5.41) is 6.90. The second kappa shape index (κ2) is 4.63. The van der Waals surface area contributed by atoms with Crippen molar-refractivity contribution in [3.05, 3.63) is 5.69 Å². The minimum Gasteiger partial charge on any atom is -0.394 e. The summed E-state index contributed by atoms with van der Waals surface area (Å²) in [6, 6.07) is 0. The molecule has 0 saturated carbocycles. The molecule has 0 aliphatic heterocycles. The number of nitrogen functional groups attached to an aromatic ring is 1. The molecule has 0 bridgehead atoms. The maximum Gasteiger partial charge on any atom is 0.389 e. The highest BCUT2D eigenvalue weighted by Gasteiger charge is 2.25. The van der Waals surface area contributed by atoms with Gasteiger partial charge >= 0.3 is 6.18 Å². The molecule has 3 N–H and O–H groups in total. The van der Waals surface area contributed by atoms with E-state index in [1.807, 2.05) is 0 Å². The number of hydrogen-bond donors (Lipinski definition) is 2. The van der Waals surface area contributed by atoms with Gasteiger partial charge in [0.15, 0.2) is 0 Å². The van der Waals surface area contributed by atoms with Gasteiger partial charge in [0.2, 0.25) is 0 Å². The number of nitrogens with two attached hydrogens (primary N) is 1. The number of alkyl halides is 3. The Morgan fingerprint density at radius 3 is 2.50 bits per heavy atom. The fraction of sp³-hybridized carbons (Fsp3) is 0.667. The van der Waals surface area contributed by atoms with Crippen molar-refractivity contribution in [2.75, 3.05) is 17.6 Å². The first-order chi connectivity index (χ1) is 7.31. The van der Waals surface area contributed by atoms with Crippen LogP contribution in [0.2, 0.25) is 0 Å². The number of aromatic nitrogens is 2. The van der Waals surface area contributed by atoms with E-state index in [4.69, 9.17) is 5.73 Å². The Balaban J connectivity index is 2.43. The van der Waals surface area contributed by atoms with Crippen LogP contribution >= 0.6 is 0 Å². The predicted octanol–water partition coefficient (Wildman–Crippen LogP) is 2.07. The Labute approximate surface area is 91.6 Å². The summed E-state index contributed by atoms with van der Waals surface area (Å²) in [6.45, 7) is 1.97. The van der Waals surface area contributed by atoms with Crippen LogP contribution in [0.1, 0.15) is 18.5 Å². The van der Waals surface area contributed by atoms with E-state index in [2.05, 4.69) is 10.4 Å². The van der Waals surface area contributed by atoms with E-state index in [-0.39, 0.29) is 13.0 Å². The molecule has 1 heterocycles. The normalized spacial score (nSPS) is 11.8. The van der Waals surface area contributed by atoms with E-state index in [0.717, 1.165) is 0 Å².